The minimum atomic E-state index is -1.89. The van der Waals surface area contributed by atoms with Gasteiger partial charge in [0.1, 0.15) is 10.1 Å². The van der Waals surface area contributed by atoms with Crippen molar-refractivity contribution in [3.8, 4) is 5.75 Å². The fourth-order valence-electron chi connectivity index (χ4n) is 2.58. The van der Waals surface area contributed by atoms with E-state index in [1.54, 1.807) is 30.3 Å². The Labute approximate surface area is 210 Å². The molecular formula is C20H21Cl3N2O5S2. The summed E-state index contributed by atoms with van der Waals surface area (Å²) in [5, 5.41) is 11.4. The van der Waals surface area contributed by atoms with E-state index < -0.39 is 16.0 Å². The van der Waals surface area contributed by atoms with Crippen molar-refractivity contribution in [1.29, 1.82) is 0 Å². The molecule has 12 heteroatoms. The lowest BCUT2D eigenvalue weighted by molar-refractivity contribution is -0.137. The first kappa shape index (κ1) is 26.7. The van der Waals surface area contributed by atoms with Crippen LogP contribution in [-0.4, -0.2) is 48.7 Å². The molecule has 0 bridgehead atoms. The van der Waals surface area contributed by atoms with E-state index in [4.69, 9.17) is 56.9 Å². The summed E-state index contributed by atoms with van der Waals surface area (Å²) in [6.07, 6.45) is 0.504. The van der Waals surface area contributed by atoms with Crippen LogP contribution in [0.1, 0.15) is 32.3 Å². The number of nitrogens with zero attached hydrogens (tertiary/aromatic N) is 1. The van der Waals surface area contributed by atoms with Crippen LogP contribution in [0.4, 0.5) is 0 Å². The van der Waals surface area contributed by atoms with E-state index in [0.29, 0.717) is 20.5 Å². The molecule has 0 spiro atoms. The molecule has 2 N–H and O–H groups in total. The second kappa shape index (κ2) is 11.6. The third kappa shape index (κ3) is 8.12. The number of thiocarbonyl (C=S) groups is 1. The van der Waals surface area contributed by atoms with Crippen LogP contribution in [0.2, 0.25) is 0 Å². The minimum Gasteiger partial charge on any atom is -0.481 e. The number of rotatable bonds is 9. The van der Waals surface area contributed by atoms with Gasteiger partial charge in [0, 0.05) is 13.0 Å². The lowest BCUT2D eigenvalue weighted by Crippen LogP contribution is -2.48. The van der Waals surface area contributed by atoms with Gasteiger partial charge in [-0.25, -0.2) is 0 Å². The van der Waals surface area contributed by atoms with Gasteiger partial charge in [-0.15, -0.1) is 0 Å². The van der Waals surface area contributed by atoms with Crippen LogP contribution in [0, 0.1) is 5.92 Å². The van der Waals surface area contributed by atoms with Crippen molar-refractivity contribution in [2.45, 2.75) is 36.7 Å². The summed E-state index contributed by atoms with van der Waals surface area (Å²) in [7, 11) is 0. The molecule has 1 saturated heterocycles. The van der Waals surface area contributed by atoms with Crippen molar-refractivity contribution in [2.24, 2.45) is 5.92 Å². The van der Waals surface area contributed by atoms with Crippen LogP contribution in [0.25, 0.3) is 6.08 Å². The van der Waals surface area contributed by atoms with Gasteiger partial charge in [0.15, 0.2) is 0 Å². The fraction of sp³-hybridized carbons (Fsp3) is 0.400. The molecular weight excluding hydrogens is 519 g/mol. The highest BCUT2D eigenvalue weighted by Crippen LogP contribution is 2.34. The molecule has 1 aliphatic heterocycles. The molecule has 0 aliphatic carbocycles. The second-order valence-electron chi connectivity index (χ2n) is 7.25. The summed E-state index contributed by atoms with van der Waals surface area (Å²) < 4.78 is 4.08. The predicted molar refractivity (Wildman–Crippen MR) is 131 cm³/mol. The molecule has 1 fully saturated rings. The molecule has 0 aromatic heterocycles. The lowest BCUT2D eigenvalue weighted by Gasteiger charge is -2.26. The maximum atomic E-state index is 12.5. The van der Waals surface area contributed by atoms with Crippen molar-refractivity contribution < 1.29 is 24.2 Å². The number of amides is 2. The third-order valence-corrected chi connectivity index (χ3v) is 6.01. The number of aliphatic carboxylic acids is 1. The maximum absolute atomic E-state index is 12.5. The quantitative estimate of drug-likeness (QED) is 0.205. The van der Waals surface area contributed by atoms with Crippen LogP contribution >= 0.6 is 58.8 Å². The van der Waals surface area contributed by atoms with Gasteiger partial charge >= 0.3 is 5.97 Å². The van der Waals surface area contributed by atoms with Gasteiger partial charge in [-0.2, -0.15) is 0 Å². The summed E-state index contributed by atoms with van der Waals surface area (Å²) in [6.45, 7) is 3.80. The number of thioether (sulfide) groups is 1. The molecule has 1 unspecified atom stereocenters. The summed E-state index contributed by atoms with van der Waals surface area (Å²) in [4.78, 5) is 36.9. The average Bonchev–Trinajstić information content (AvgIpc) is 2.92. The van der Waals surface area contributed by atoms with Gasteiger partial charge < -0.3 is 15.2 Å². The van der Waals surface area contributed by atoms with E-state index in [-0.39, 0.29) is 37.1 Å². The largest absolute Gasteiger partial charge is 0.481 e. The van der Waals surface area contributed by atoms with E-state index in [0.717, 1.165) is 11.8 Å². The van der Waals surface area contributed by atoms with Gasteiger partial charge in [-0.3, -0.25) is 19.3 Å². The molecule has 1 atom stereocenters. The molecule has 1 aliphatic rings. The van der Waals surface area contributed by atoms with Crippen molar-refractivity contribution in [3.05, 3.63) is 34.7 Å². The summed E-state index contributed by atoms with van der Waals surface area (Å²) in [5.41, 5.74) is 0.686. The van der Waals surface area contributed by atoms with E-state index >= 15 is 0 Å². The Bertz CT molecular complexity index is 917. The minimum absolute atomic E-state index is 0.0189. The molecule has 0 radical (unpaired) electrons. The molecule has 0 saturated carbocycles. The van der Waals surface area contributed by atoms with Crippen LogP contribution < -0.4 is 10.1 Å². The summed E-state index contributed by atoms with van der Waals surface area (Å²) in [6, 6.07) is 6.58. The normalized spacial score (nSPS) is 16.6. The van der Waals surface area contributed by atoms with Gasteiger partial charge in [-0.1, -0.05) is 84.8 Å². The van der Waals surface area contributed by atoms with Crippen LogP contribution in [0.15, 0.2) is 29.2 Å². The van der Waals surface area contributed by atoms with Crippen LogP contribution in [0.5, 0.6) is 5.75 Å². The number of ether oxygens (including phenoxy) is 1. The van der Waals surface area contributed by atoms with Gasteiger partial charge in [0.2, 0.25) is 15.9 Å². The third-order valence-electron chi connectivity index (χ3n) is 4.04. The Morgan fingerprint density at radius 3 is 2.44 bits per heavy atom. The van der Waals surface area contributed by atoms with Crippen molar-refractivity contribution in [3.63, 3.8) is 0 Å². The number of carboxylic acids is 1. The van der Waals surface area contributed by atoms with E-state index in [1.807, 2.05) is 13.8 Å². The highest BCUT2D eigenvalue weighted by Gasteiger charge is 2.36. The first-order chi connectivity index (χ1) is 14.9. The number of carboxylic acid groups (broad SMARTS) is 1. The number of carbonyl (C=O) groups excluding carboxylic acids is 2. The van der Waals surface area contributed by atoms with E-state index in [1.165, 1.54) is 4.90 Å². The number of hydrogen-bond donors (Lipinski definition) is 2. The standard InChI is InChI=1S/C20H21Cl3N2O5S2/c1-11(2)9-15(26)24-18(20(21,22)23)30-13-5-3-12(4-6-13)10-14-17(29)25(19(31)32-14)8-7-16(27)28/h3-6,10-11,18H,7-9H2,1-2H3,(H,24,26)(H,27,28)/b14-10-. The fourth-order valence-corrected chi connectivity index (χ4v) is 4.19. The molecule has 174 valence electrons. The maximum Gasteiger partial charge on any atom is 0.305 e. The Balaban J connectivity index is 2.08. The molecule has 1 heterocycles. The van der Waals surface area contributed by atoms with Gasteiger partial charge in [-0.05, 0) is 29.7 Å². The molecule has 2 amide bonds. The van der Waals surface area contributed by atoms with Crippen molar-refractivity contribution in [2.75, 3.05) is 6.54 Å². The Kier molecular flexibility index (Phi) is 9.66. The molecule has 32 heavy (non-hydrogen) atoms. The number of halogens is 3. The highest BCUT2D eigenvalue weighted by molar-refractivity contribution is 8.26. The zero-order chi connectivity index (χ0) is 24.1. The SMILES string of the molecule is CC(C)CC(=O)NC(Oc1ccc(/C=C2\SC(=S)N(CCC(=O)O)C2=O)cc1)C(Cl)(Cl)Cl. The van der Waals surface area contributed by atoms with Gasteiger partial charge in [0.25, 0.3) is 5.91 Å². The second-order valence-corrected chi connectivity index (χ2v) is 11.3. The monoisotopic (exact) mass is 538 g/mol. The zero-order valence-electron chi connectivity index (χ0n) is 17.1. The Morgan fingerprint density at radius 2 is 1.91 bits per heavy atom. The smallest absolute Gasteiger partial charge is 0.305 e. The summed E-state index contributed by atoms with van der Waals surface area (Å²) in [5.74, 6) is -1.18. The first-order valence-electron chi connectivity index (χ1n) is 9.46. The zero-order valence-corrected chi connectivity index (χ0v) is 21.0. The first-order valence-corrected chi connectivity index (χ1v) is 11.8. The van der Waals surface area contributed by atoms with Crippen LogP contribution in [0.3, 0.4) is 0 Å². The van der Waals surface area contributed by atoms with Crippen LogP contribution in [-0.2, 0) is 14.4 Å². The highest BCUT2D eigenvalue weighted by atomic mass is 35.6. The predicted octanol–water partition coefficient (Wildman–Crippen LogP) is 4.60. The molecule has 1 aromatic rings. The lowest BCUT2D eigenvalue weighted by atomic mass is 10.1. The number of hydrogen-bond acceptors (Lipinski definition) is 6. The van der Waals surface area contributed by atoms with E-state index in [2.05, 4.69) is 5.32 Å². The van der Waals surface area contributed by atoms with Crippen molar-refractivity contribution in [1.82, 2.24) is 10.2 Å². The molecule has 2 rings (SSSR count). The molecule has 1 aromatic carbocycles. The van der Waals surface area contributed by atoms with Gasteiger partial charge in [0.05, 0.1) is 11.3 Å². The average molecular weight is 540 g/mol. The topological polar surface area (TPSA) is 95.9 Å². The van der Waals surface area contributed by atoms with Crippen molar-refractivity contribution >= 4 is 87.0 Å². The number of benzene rings is 1. The number of alkyl halides is 3. The molecule has 7 nitrogen and oxygen atoms in total. The number of carbonyl (C=O) groups is 3. The number of nitrogens with one attached hydrogen (secondary N) is 1. The van der Waals surface area contributed by atoms with E-state index in [9.17, 15) is 14.4 Å². The summed E-state index contributed by atoms with van der Waals surface area (Å²) >= 11 is 24.1. The Morgan fingerprint density at radius 1 is 1.28 bits per heavy atom. The Hall–Kier alpha value is -1.52.